The van der Waals surface area contributed by atoms with Crippen LogP contribution in [-0.2, 0) is 22.1 Å². The Morgan fingerprint density at radius 3 is 2.59 bits per heavy atom. The van der Waals surface area contributed by atoms with Crippen molar-refractivity contribution in [1.82, 2.24) is 0 Å². The normalized spacial score (nSPS) is 14.9. The number of hydrogen-bond acceptors (Lipinski definition) is 2. The minimum Gasteiger partial charge on any atom is -0.466 e. The number of benzene rings is 1. The number of unbranched alkanes of at least 4 members (excludes halogenated alkanes) is 1. The quantitative estimate of drug-likeness (QED) is 0.531. The van der Waals surface area contributed by atoms with E-state index in [1.54, 1.807) is 19.1 Å². The minimum absolute atomic E-state index is 0.0782. The molecule has 0 spiro atoms. The van der Waals surface area contributed by atoms with Crippen molar-refractivity contribution >= 4 is 5.97 Å². The van der Waals surface area contributed by atoms with E-state index in [0.717, 1.165) is 12.8 Å². The second-order valence-corrected chi connectivity index (χ2v) is 5.71. The maximum atomic E-state index is 13.1. The van der Waals surface area contributed by atoms with Gasteiger partial charge in [-0.05, 0) is 62.1 Å². The lowest BCUT2D eigenvalue weighted by molar-refractivity contribution is -0.143. The summed E-state index contributed by atoms with van der Waals surface area (Å²) in [5.74, 6) is -0.169. The fourth-order valence-electron chi connectivity index (χ4n) is 2.59. The van der Waals surface area contributed by atoms with Gasteiger partial charge in [0.25, 0.3) is 0 Å². The molecule has 0 saturated heterocycles. The van der Waals surface area contributed by atoms with Gasteiger partial charge < -0.3 is 4.74 Å². The van der Waals surface area contributed by atoms with Gasteiger partial charge in [-0.3, -0.25) is 4.79 Å². The summed E-state index contributed by atoms with van der Waals surface area (Å²) in [4.78, 5) is 11.2. The molecule has 1 saturated carbocycles. The van der Waals surface area contributed by atoms with Crippen LogP contribution in [0.5, 0.6) is 0 Å². The highest BCUT2D eigenvalue weighted by Gasteiger charge is 2.38. The summed E-state index contributed by atoms with van der Waals surface area (Å²) in [7, 11) is 0. The number of hydrogen-bond donors (Lipinski definition) is 0. The van der Waals surface area contributed by atoms with Crippen LogP contribution in [0.25, 0.3) is 0 Å². The molecule has 0 N–H and O–H groups in total. The summed E-state index contributed by atoms with van der Waals surface area (Å²) in [6, 6.07) is 4.69. The number of carbonyl (C=O) groups is 1. The van der Waals surface area contributed by atoms with Crippen LogP contribution in [0.2, 0.25) is 0 Å². The zero-order valence-electron chi connectivity index (χ0n) is 12.7. The van der Waals surface area contributed by atoms with Gasteiger partial charge in [0.2, 0.25) is 0 Å². The first-order valence-corrected chi connectivity index (χ1v) is 7.77. The monoisotopic (exact) mass is 314 g/mol. The van der Waals surface area contributed by atoms with Gasteiger partial charge >= 0.3 is 12.1 Å². The van der Waals surface area contributed by atoms with Gasteiger partial charge in [-0.2, -0.15) is 13.2 Å². The van der Waals surface area contributed by atoms with Crippen LogP contribution in [-0.4, -0.2) is 12.6 Å². The molecule has 0 unspecified atom stereocenters. The minimum atomic E-state index is -4.29. The number of carbonyl (C=O) groups excluding carboxylic acids is 1. The number of halogens is 3. The molecular weight excluding hydrogens is 293 g/mol. The Hall–Kier alpha value is -1.52. The smallest absolute Gasteiger partial charge is 0.416 e. The average Bonchev–Trinajstić information content (AvgIpc) is 3.27. The van der Waals surface area contributed by atoms with E-state index in [-0.39, 0.29) is 11.9 Å². The summed E-state index contributed by atoms with van der Waals surface area (Å²) in [6.07, 6.45) is -0.417. The third kappa shape index (κ3) is 4.75. The van der Waals surface area contributed by atoms with Crippen molar-refractivity contribution in [3.05, 3.63) is 34.9 Å². The number of rotatable bonds is 7. The van der Waals surface area contributed by atoms with Gasteiger partial charge in [0, 0.05) is 6.42 Å². The van der Waals surface area contributed by atoms with Crippen LogP contribution in [0, 0.1) is 0 Å². The van der Waals surface area contributed by atoms with Gasteiger partial charge in [-0.15, -0.1) is 0 Å². The van der Waals surface area contributed by atoms with Gasteiger partial charge in [0.1, 0.15) is 0 Å². The Balaban J connectivity index is 1.93. The van der Waals surface area contributed by atoms with Crippen LogP contribution in [0.3, 0.4) is 0 Å². The predicted octanol–water partition coefficient (Wildman–Crippen LogP) is 4.86. The molecule has 2 rings (SSSR count). The molecule has 0 amide bonds. The van der Waals surface area contributed by atoms with Crippen LogP contribution in [0.4, 0.5) is 13.2 Å². The summed E-state index contributed by atoms with van der Waals surface area (Å²) in [6.45, 7) is 2.11. The van der Waals surface area contributed by atoms with Crippen molar-refractivity contribution in [3.63, 3.8) is 0 Å². The number of ether oxygens (including phenoxy) is 1. The van der Waals surface area contributed by atoms with Crippen LogP contribution in [0.1, 0.15) is 61.6 Å². The third-order valence-corrected chi connectivity index (χ3v) is 3.84. The highest BCUT2D eigenvalue weighted by molar-refractivity contribution is 5.69. The molecule has 0 aliphatic heterocycles. The Morgan fingerprint density at radius 1 is 1.27 bits per heavy atom. The Kier molecular flexibility index (Phi) is 5.48. The lowest BCUT2D eigenvalue weighted by Gasteiger charge is -2.14. The molecule has 1 fully saturated rings. The summed E-state index contributed by atoms with van der Waals surface area (Å²) in [5.41, 5.74) is 0.626. The van der Waals surface area contributed by atoms with Crippen molar-refractivity contribution in [2.45, 2.75) is 57.5 Å². The van der Waals surface area contributed by atoms with Crippen LogP contribution >= 0.6 is 0 Å². The zero-order chi connectivity index (χ0) is 16.2. The van der Waals surface area contributed by atoms with Crippen LogP contribution in [0.15, 0.2) is 18.2 Å². The largest absolute Gasteiger partial charge is 0.466 e. The van der Waals surface area contributed by atoms with E-state index in [1.165, 1.54) is 6.07 Å². The lowest BCUT2D eigenvalue weighted by atomic mass is 9.97. The van der Waals surface area contributed by atoms with E-state index in [0.29, 0.717) is 43.4 Å². The molecule has 0 heterocycles. The maximum Gasteiger partial charge on any atom is 0.416 e. The molecule has 0 radical (unpaired) electrons. The molecule has 1 aliphatic carbocycles. The molecule has 122 valence electrons. The molecule has 0 bridgehead atoms. The first-order chi connectivity index (χ1) is 10.4. The van der Waals surface area contributed by atoms with Gasteiger partial charge in [0.15, 0.2) is 0 Å². The molecule has 2 nitrogen and oxygen atoms in total. The first-order valence-electron chi connectivity index (χ1n) is 7.77. The molecule has 1 aromatic carbocycles. The van der Waals surface area contributed by atoms with Crippen molar-refractivity contribution in [3.8, 4) is 0 Å². The zero-order valence-corrected chi connectivity index (χ0v) is 12.7. The SMILES string of the molecule is CCOC(=O)CCCCc1ccc(C2CC2)c(C(F)(F)F)c1. The van der Waals surface area contributed by atoms with Crippen LogP contribution < -0.4 is 0 Å². The van der Waals surface area contributed by atoms with Gasteiger partial charge in [-0.25, -0.2) is 0 Å². The number of alkyl halides is 3. The van der Waals surface area contributed by atoms with Crippen molar-refractivity contribution in [2.75, 3.05) is 6.61 Å². The number of aryl methyl sites for hydroxylation is 1. The first kappa shape index (κ1) is 16.8. The molecule has 0 atom stereocenters. The topological polar surface area (TPSA) is 26.3 Å². The van der Waals surface area contributed by atoms with E-state index < -0.39 is 11.7 Å². The van der Waals surface area contributed by atoms with E-state index in [2.05, 4.69) is 0 Å². The average molecular weight is 314 g/mol. The summed E-state index contributed by atoms with van der Waals surface area (Å²) in [5, 5.41) is 0. The maximum absolute atomic E-state index is 13.1. The van der Waals surface area contributed by atoms with Gasteiger partial charge in [-0.1, -0.05) is 12.1 Å². The number of esters is 1. The van der Waals surface area contributed by atoms with E-state index in [1.807, 2.05) is 0 Å². The second-order valence-electron chi connectivity index (χ2n) is 5.71. The molecule has 1 aromatic rings. The van der Waals surface area contributed by atoms with Crippen molar-refractivity contribution in [2.24, 2.45) is 0 Å². The molecule has 0 aromatic heterocycles. The highest BCUT2D eigenvalue weighted by atomic mass is 19.4. The summed E-state index contributed by atoms with van der Waals surface area (Å²) < 4.78 is 44.2. The molecule has 1 aliphatic rings. The molecular formula is C17H21F3O2. The van der Waals surface area contributed by atoms with Crippen molar-refractivity contribution in [1.29, 1.82) is 0 Å². The van der Waals surface area contributed by atoms with E-state index in [9.17, 15) is 18.0 Å². The van der Waals surface area contributed by atoms with E-state index in [4.69, 9.17) is 4.74 Å². The molecule has 5 heteroatoms. The van der Waals surface area contributed by atoms with Crippen molar-refractivity contribution < 1.29 is 22.7 Å². The predicted molar refractivity (Wildman–Crippen MR) is 77.6 cm³/mol. The second kappa shape index (κ2) is 7.16. The molecule has 22 heavy (non-hydrogen) atoms. The standard InChI is InChI=1S/C17H21F3O2/c1-2-22-16(21)6-4-3-5-12-7-10-14(13-8-9-13)15(11-12)17(18,19)20/h7,10-11,13H,2-6,8-9H2,1H3. The fourth-order valence-corrected chi connectivity index (χ4v) is 2.59. The highest BCUT2D eigenvalue weighted by Crippen LogP contribution is 2.46. The Labute approximate surface area is 128 Å². The van der Waals surface area contributed by atoms with E-state index >= 15 is 0 Å². The fraction of sp³-hybridized carbons (Fsp3) is 0.588. The summed E-state index contributed by atoms with van der Waals surface area (Å²) >= 11 is 0. The Morgan fingerprint density at radius 2 is 2.00 bits per heavy atom. The van der Waals surface area contributed by atoms with Gasteiger partial charge in [0.05, 0.1) is 12.2 Å². The third-order valence-electron chi connectivity index (χ3n) is 3.84. The lowest BCUT2D eigenvalue weighted by Crippen LogP contribution is -2.09. The Bertz CT molecular complexity index is 519.